The van der Waals surface area contributed by atoms with Gasteiger partial charge in [0.2, 0.25) is 0 Å². The highest BCUT2D eigenvalue weighted by molar-refractivity contribution is 7.33. The Kier molecular flexibility index (Phi) is 2.61. The standard InChI is InChI=1S/C13H10O2S2/c1-2-15-13(14)11-7-10-12(17-11)8-5-3-4-6-9(8)16-10/h3-7H,2H2,1H3. The zero-order valence-electron chi connectivity index (χ0n) is 9.23. The third kappa shape index (κ3) is 1.73. The van der Waals surface area contributed by atoms with Crippen LogP contribution in [0.2, 0.25) is 0 Å². The molecule has 0 aliphatic rings. The number of fused-ring (bicyclic) bond motifs is 3. The molecule has 2 heterocycles. The zero-order chi connectivity index (χ0) is 11.8. The predicted molar refractivity (Wildman–Crippen MR) is 73.2 cm³/mol. The Morgan fingerprint density at radius 1 is 1.24 bits per heavy atom. The van der Waals surface area contributed by atoms with Crippen molar-refractivity contribution in [2.75, 3.05) is 6.61 Å². The minimum atomic E-state index is -0.218. The number of carbonyl (C=O) groups excluding carboxylic acids is 1. The van der Waals surface area contributed by atoms with E-state index in [1.54, 1.807) is 11.3 Å². The summed E-state index contributed by atoms with van der Waals surface area (Å²) >= 11 is 3.24. The highest BCUT2D eigenvalue weighted by atomic mass is 32.1. The van der Waals surface area contributed by atoms with Crippen molar-refractivity contribution in [3.8, 4) is 0 Å². The molecule has 0 aliphatic heterocycles. The van der Waals surface area contributed by atoms with Gasteiger partial charge < -0.3 is 4.74 Å². The highest BCUT2D eigenvalue weighted by Crippen LogP contribution is 2.39. The molecular formula is C13H10O2S2. The average Bonchev–Trinajstić information content (AvgIpc) is 2.86. The van der Waals surface area contributed by atoms with Crippen molar-refractivity contribution in [1.82, 2.24) is 0 Å². The fraction of sp³-hybridized carbons (Fsp3) is 0.154. The number of rotatable bonds is 2. The summed E-state index contributed by atoms with van der Waals surface area (Å²) in [6, 6.07) is 10.2. The maximum absolute atomic E-state index is 11.6. The van der Waals surface area contributed by atoms with E-state index in [4.69, 9.17) is 4.74 Å². The fourth-order valence-electron chi connectivity index (χ4n) is 1.80. The van der Waals surface area contributed by atoms with E-state index in [1.165, 1.54) is 30.8 Å². The summed E-state index contributed by atoms with van der Waals surface area (Å²) in [5.41, 5.74) is 0. The van der Waals surface area contributed by atoms with Gasteiger partial charge in [0.25, 0.3) is 0 Å². The van der Waals surface area contributed by atoms with Gasteiger partial charge in [0.15, 0.2) is 0 Å². The number of benzene rings is 1. The summed E-state index contributed by atoms with van der Waals surface area (Å²) in [6.45, 7) is 2.24. The molecule has 0 spiro atoms. The van der Waals surface area contributed by atoms with Crippen LogP contribution in [0.5, 0.6) is 0 Å². The monoisotopic (exact) mass is 262 g/mol. The summed E-state index contributed by atoms with van der Waals surface area (Å²) in [7, 11) is 0. The summed E-state index contributed by atoms with van der Waals surface area (Å²) in [4.78, 5) is 12.3. The number of thiophene rings is 2. The Labute approximate surface area is 106 Å². The molecule has 2 aromatic heterocycles. The average molecular weight is 262 g/mol. The molecule has 3 aromatic rings. The first kappa shape index (κ1) is 10.7. The summed E-state index contributed by atoms with van der Waals surface area (Å²) < 4.78 is 8.64. The quantitative estimate of drug-likeness (QED) is 0.644. The minimum absolute atomic E-state index is 0.218. The number of hydrogen-bond acceptors (Lipinski definition) is 4. The number of hydrogen-bond donors (Lipinski definition) is 0. The Balaban J connectivity index is 2.17. The van der Waals surface area contributed by atoms with Gasteiger partial charge in [-0.15, -0.1) is 22.7 Å². The van der Waals surface area contributed by atoms with Gasteiger partial charge in [0.1, 0.15) is 4.88 Å². The van der Waals surface area contributed by atoms with Crippen LogP contribution in [-0.4, -0.2) is 12.6 Å². The molecule has 0 unspecified atom stereocenters. The second-order valence-electron chi connectivity index (χ2n) is 3.62. The van der Waals surface area contributed by atoms with E-state index in [-0.39, 0.29) is 5.97 Å². The number of carbonyl (C=O) groups is 1. The molecule has 17 heavy (non-hydrogen) atoms. The second kappa shape index (κ2) is 4.13. The topological polar surface area (TPSA) is 26.3 Å². The minimum Gasteiger partial charge on any atom is -0.462 e. The van der Waals surface area contributed by atoms with Crippen molar-refractivity contribution in [3.63, 3.8) is 0 Å². The summed E-state index contributed by atoms with van der Waals surface area (Å²) in [6.07, 6.45) is 0. The van der Waals surface area contributed by atoms with Crippen molar-refractivity contribution < 1.29 is 9.53 Å². The molecule has 1 aromatic carbocycles. The normalized spacial score (nSPS) is 11.1. The maximum atomic E-state index is 11.6. The molecule has 0 fully saturated rings. The SMILES string of the molecule is CCOC(=O)c1cc2sc3ccccc3c2s1. The predicted octanol–water partition coefficient (Wildman–Crippen LogP) is 4.29. The van der Waals surface area contributed by atoms with Crippen molar-refractivity contribution >= 4 is 48.1 Å². The van der Waals surface area contributed by atoms with Crippen LogP contribution in [0, 0.1) is 0 Å². The Morgan fingerprint density at radius 3 is 2.88 bits per heavy atom. The first-order valence-electron chi connectivity index (χ1n) is 5.38. The van der Waals surface area contributed by atoms with Crippen LogP contribution in [0.15, 0.2) is 30.3 Å². The third-order valence-corrected chi connectivity index (χ3v) is 4.92. The van der Waals surface area contributed by atoms with Gasteiger partial charge in [0, 0.05) is 14.8 Å². The van der Waals surface area contributed by atoms with E-state index in [9.17, 15) is 4.79 Å². The first-order chi connectivity index (χ1) is 8.29. The molecule has 0 atom stereocenters. The van der Waals surface area contributed by atoms with Gasteiger partial charge >= 0.3 is 5.97 Å². The molecule has 3 rings (SSSR count). The van der Waals surface area contributed by atoms with Crippen LogP contribution in [0.25, 0.3) is 19.5 Å². The first-order valence-corrected chi connectivity index (χ1v) is 7.01. The van der Waals surface area contributed by atoms with Crippen molar-refractivity contribution in [2.45, 2.75) is 6.92 Å². The number of ether oxygens (including phenoxy) is 1. The van der Waals surface area contributed by atoms with E-state index in [2.05, 4.69) is 12.1 Å². The van der Waals surface area contributed by atoms with Crippen LogP contribution in [-0.2, 0) is 4.74 Å². The summed E-state index contributed by atoms with van der Waals surface area (Å²) in [5, 5.41) is 1.23. The van der Waals surface area contributed by atoms with Gasteiger partial charge in [-0.2, -0.15) is 0 Å². The van der Waals surface area contributed by atoms with E-state index >= 15 is 0 Å². The zero-order valence-corrected chi connectivity index (χ0v) is 10.9. The lowest BCUT2D eigenvalue weighted by Gasteiger charge is -1.96. The molecule has 0 saturated heterocycles. The van der Waals surface area contributed by atoms with Gasteiger partial charge in [-0.05, 0) is 19.1 Å². The van der Waals surface area contributed by atoms with Crippen molar-refractivity contribution in [1.29, 1.82) is 0 Å². The lowest BCUT2D eigenvalue weighted by Crippen LogP contribution is -2.01. The lowest BCUT2D eigenvalue weighted by molar-refractivity contribution is 0.0532. The number of esters is 1. The molecule has 0 amide bonds. The molecule has 0 saturated carbocycles. The molecule has 0 radical (unpaired) electrons. The van der Waals surface area contributed by atoms with Crippen LogP contribution < -0.4 is 0 Å². The second-order valence-corrected chi connectivity index (χ2v) is 5.76. The van der Waals surface area contributed by atoms with Crippen LogP contribution in [0.1, 0.15) is 16.6 Å². The Morgan fingerprint density at radius 2 is 2.06 bits per heavy atom. The molecule has 0 aliphatic carbocycles. The largest absolute Gasteiger partial charge is 0.462 e. The fourth-order valence-corrected chi connectivity index (χ4v) is 4.22. The Hall–Kier alpha value is -1.39. The molecular weight excluding hydrogens is 252 g/mol. The third-order valence-electron chi connectivity index (χ3n) is 2.53. The van der Waals surface area contributed by atoms with Gasteiger partial charge in [-0.25, -0.2) is 4.79 Å². The van der Waals surface area contributed by atoms with Gasteiger partial charge in [0.05, 0.1) is 11.3 Å². The smallest absolute Gasteiger partial charge is 0.348 e. The molecule has 0 N–H and O–H groups in total. The molecule has 2 nitrogen and oxygen atoms in total. The van der Waals surface area contributed by atoms with Gasteiger partial charge in [-0.3, -0.25) is 0 Å². The maximum Gasteiger partial charge on any atom is 0.348 e. The van der Waals surface area contributed by atoms with Crippen LogP contribution in [0.3, 0.4) is 0 Å². The van der Waals surface area contributed by atoms with Gasteiger partial charge in [-0.1, -0.05) is 18.2 Å². The molecule has 0 bridgehead atoms. The van der Waals surface area contributed by atoms with Crippen molar-refractivity contribution in [3.05, 3.63) is 35.2 Å². The van der Waals surface area contributed by atoms with E-state index in [0.717, 1.165) is 0 Å². The van der Waals surface area contributed by atoms with Crippen molar-refractivity contribution in [2.24, 2.45) is 0 Å². The highest BCUT2D eigenvalue weighted by Gasteiger charge is 2.14. The van der Waals surface area contributed by atoms with Crippen LogP contribution >= 0.6 is 22.7 Å². The molecule has 4 heteroatoms. The lowest BCUT2D eigenvalue weighted by atomic mass is 10.2. The van der Waals surface area contributed by atoms with E-state index in [1.807, 2.05) is 25.1 Å². The van der Waals surface area contributed by atoms with Crippen LogP contribution in [0.4, 0.5) is 0 Å². The van der Waals surface area contributed by atoms with E-state index < -0.39 is 0 Å². The summed E-state index contributed by atoms with van der Waals surface area (Å²) in [5.74, 6) is -0.218. The Bertz CT molecular complexity index is 694. The molecule has 86 valence electrons. The van der Waals surface area contributed by atoms with E-state index in [0.29, 0.717) is 11.5 Å².